The highest BCUT2D eigenvalue weighted by Gasteiger charge is 2.39. The molecule has 3 unspecified atom stereocenters. The van der Waals surface area contributed by atoms with Gasteiger partial charge in [0.15, 0.2) is 5.65 Å². The molecule has 2 aromatic heterocycles. The molecule has 1 saturated heterocycles. The molecular formula is C14H18ClN5. The number of nitrogens with two attached hydrogens (primary N) is 1. The molecule has 0 spiro atoms. The first kappa shape index (κ1) is 12.4. The lowest BCUT2D eigenvalue weighted by molar-refractivity contribution is 0.260. The first-order chi connectivity index (χ1) is 9.70. The molecule has 0 bridgehead atoms. The van der Waals surface area contributed by atoms with Gasteiger partial charge in [-0.3, -0.25) is 0 Å². The summed E-state index contributed by atoms with van der Waals surface area (Å²) in [5.74, 6) is 2.10. The average Bonchev–Trinajstić information content (AvgIpc) is 3.01. The van der Waals surface area contributed by atoms with Crippen LogP contribution in [0.15, 0.2) is 18.3 Å². The van der Waals surface area contributed by atoms with Crippen LogP contribution < -0.4 is 10.6 Å². The van der Waals surface area contributed by atoms with Gasteiger partial charge >= 0.3 is 0 Å². The normalized spacial score (nSPS) is 29.9. The van der Waals surface area contributed by atoms with E-state index in [1.807, 2.05) is 12.1 Å². The largest absolute Gasteiger partial charge is 0.339 e. The van der Waals surface area contributed by atoms with Gasteiger partial charge in [0.05, 0.1) is 5.02 Å². The number of rotatable bonds is 1. The monoisotopic (exact) mass is 291 g/mol. The van der Waals surface area contributed by atoms with Crippen molar-refractivity contribution in [2.75, 3.05) is 18.0 Å². The molecule has 2 N–H and O–H groups in total. The van der Waals surface area contributed by atoms with Crippen LogP contribution in [0.2, 0.25) is 5.02 Å². The van der Waals surface area contributed by atoms with Crippen molar-refractivity contribution in [2.24, 2.45) is 17.6 Å². The molecule has 1 saturated carbocycles. The van der Waals surface area contributed by atoms with E-state index in [0.29, 0.717) is 22.9 Å². The van der Waals surface area contributed by atoms with E-state index in [-0.39, 0.29) is 0 Å². The highest BCUT2D eigenvalue weighted by Crippen LogP contribution is 2.36. The van der Waals surface area contributed by atoms with Gasteiger partial charge in [-0.1, -0.05) is 18.0 Å². The van der Waals surface area contributed by atoms with E-state index < -0.39 is 0 Å². The predicted molar refractivity (Wildman–Crippen MR) is 79.0 cm³/mol. The van der Waals surface area contributed by atoms with Crippen LogP contribution in [0.25, 0.3) is 5.65 Å². The van der Waals surface area contributed by atoms with Crippen molar-refractivity contribution >= 4 is 23.2 Å². The molecule has 0 radical (unpaired) electrons. The fourth-order valence-electron chi connectivity index (χ4n) is 3.66. The zero-order chi connectivity index (χ0) is 13.7. The van der Waals surface area contributed by atoms with Crippen LogP contribution in [-0.2, 0) is 0 Å². The summed E-state index contributed by atoms with van der Waals surface area (Å²) in [7, 11) is 0. The fourth-order valence-corrected chi connectivity index (χ4v) is 3.82. The zero-order valence-corrected chi connectivity index (χ0v) is 12.0. The molecule has 20 heavy (non-hydrogen) atoms. The Balaban J connectivity index is 1.63. The van der Waals surface area contributed by atoms with Crippen LogP contribution >= 0.6 is 11.6 Å². The number of hydrogen-bond acceptors (Lipinski definition) is 4. The Bertz CT molecular complexity index is 640. The summed E-state index contributed by atoms with van der Waals surface area (Å²) in [5.41, 5.74) is 7.10. The zero-order valence-electron chi connectivity index (χ0n) is 11.2. The molecule has 2 aliphatic rings. The Morgan fingerprint density at radius 1 is 1.25 bits per heavy atom. The molecule has 106 valence electrons. The standard InChI is InChI=1S/C14H18ClN5/c15-10-4-5-13-17-14(18-20(13)7-10)19-6-9-2-1-3-12(16)11(9)8-19/h4-5,7,9,11-12H,1-3,6,8,16H2. The maximum absolute atomic E-state index is 6.27. The van der Waals surface area contributed by atoms with Gasteiger partial charge in [0, 0.05) is 25.3 Å². The molecule has 1 aliphatic heterocycles. The number of pyridine rings is 1. The second-order valence-corrected chi connectivity index (χ2v) is 6.42. The molecule has 6 heteroatoms. The van der Waals surface area contributed by atoms with Crippen molar-refractivity contribution in [1.82, 2.24) is 14.6 Å². The highest BCUT2D eigenvalue weighted by molar-refractivity contribution is 6.30. The van der Waals surface area contributed by atoms with E-state index in [0.717, 1.165) is 31.1 Å². The Kier molecular flexibility index (Phi) is 2.86. The predicted octanol–water partition coefficient (Wildman–Crippen LogP) is 1.95. The number of hydrogen-bond donors (Lipinski definition) is 1. The maximum atomic E-state index is 6.27. The minimum Gasteiger partial charge on any atom is -0.339 e. The van der Waals surface area contributed by atoms with Gasteiger partial charge in [0.1, 0.15) is 0 Å². The molecule has 2 fully saturated rings. The second-order valence-electron chi connectivity index (χ2n) is 5.99. The van der Waals surface area contributed by atoms with Gasteiger partial charge in [-0.15, -0.1) is 5.10 Å². The van der Waals surface area contributed by atoms with Gasteiger partial charge < -0.3 is 10.6 Å². The molecule has 3 atom stereocenters. The summed E-state index contributed by atoms with van der Waals surface area (Å²) < 4.78 is 1.75. The summed E-state index contributed by atoms with van der Waals surface area (Å²) in [5, 5.41) is 5.22. The quantitative estimate of drug-likeness (QED) is 0.872. The summed E-state index contributed by atoms with van der Waals surface area (Å²) in [6.07, 6.45) is 5.49. The van der Waals surface area contributed by atoms with Gasteiger partial charge in [-0.05, 0) is 36.8 Å². The lowest BCUT2D eigenvalue weighted by atomic mass is 9.78. The molecule has 0 amide bonds. The number of anilines is 1. The van der Waals surface area contributed by atoms with Crippen molar-refractivity contribution in [2.45, 2.75) is 25.3 Å². The minimum absolute atomic E-state index is 0.338. The van der Waals surface area contributed by atoms with Crippen LogP contribution in [0, 0.1) is 11.8 Å². The highest BCUT2D eigenvalue weighted by atomic mass is 35.5. The molecule has 0 aromatic carbocycles. The van der Waals surface area contributed by atoms with E-state index in [9.17, 15) is 0 Å². The van der Waals surface area contributed by atoms with Crippen molar-refractivity contribution in [3.8, 4) is 0 Å². The lowest BCUT2D eigenvalue weighted by Gasteiger charge is -2.29. The Morgan fingerprint density at radius 2 is 2.15 bits per heavy atom. The van der Waals surface area contributed by atoms with E-state index in [4.69, 9.17) is 17.3 Å². The number of nitrogens with zero attached hydrogens (tertiary/aromatic N) is 4. The van der Waals surface area contributed by atoms with E-state index in [2.05, 4.69) is 15.0 Å². The van der Waals surface area contributed by atoms with E-state index >= 15 is 0 Å². The van der Waals surface area contributed by atoms with Crippen LogP contribution in [0.4, 0.5) is 5.95 Å². The molecule has 2 aromatic rings. The number of aromatic nitrogens is 3. The Hall–Kier alpha value is -1.33. The van der Waals surface area contributed by atoms with Crippen LogP contribution in [0.1, 0.15) is 19.3 Å². The molecule has 4 rings (SSSR count). The van der Waals surface area contributed by atoms with E-state index in [1.54, 1.807) is 10.7 Å². The lowest BCUT2D eigenvalue weighted by Crippen LogP contribution is -2.38. The number of fused-ring (bicyclic) bond motifs is 2. The molecule has 1 aliphatic carbocycles. The van der Waals surface area contributed by atoms with Gasteiger partial charge in [0.25, 0.3) is 0 Å². The van der Waals surface area contributed by atoms with Crippen molar-refractivity contribution in [1.29, 1.82) is 0 Å². The topological polar surface area (TPSA) is 59.5 Å². The Labute approximate surface area is 122 Å². The number of halogens is 1. The summed E-state index contributed by atoms with van der Waals surface area (Å²) in [6.45, 7) is 2.01. The smallest absolute Gasteiger partial charge is 0.245 e. The molecule has 3 heterocycles. The Morgan fingerprint density at radius 3 is 3.00 bits per heavy atom. The summed E-state index contributed by atoms with van der Waals surface area (Å²) >= 11 is 5.99. The van der Waals surface area contributed by atoms with Gasteiger partial charge in [-0.25, -0.2) is 4.52 Å². The second kappa shape index (κ2) is 4.60. The van der Waals surface area contributed by atoms with Crippen molar-refractivity contribution in [3.63, 3.8) is 0 Å². The molecule has 5 nitrogen and oxygen atoms in total. The first-order valence-corrected chi connectivity index (χ1v) is 7.61. The van der Waals surface area contributed by atoms with Crippen LogP contribution in [0.5, 0.6) is 0 Å². The third-order valence-corrected chi connectivity index (χ3v) is 4.94. The SMILES string of the molecule is NC1CCCC2CN(c3nc4ccc(Cl)cn4n3)CC12. The van der Waals surface area contributed by atoms with Crippen LogP contribution in [0.3, 0.4) is 0 Å². The fraction of sp³-hybridized carbons (Fsp3) is 0.571. The third kappa shape index (κ3) is 1.96. The van der Waals surface area contributed by atoms with Crippen molar-refractivity contribution in [3.05, 3.63) is 23.4 Å². The third-order valence-electron chi connectivity index (χ3n) is 4.72. The molecular weight excluding hydrogens is 274 g/mol. The van der Waals surface area contributed by atoms with E-state index in [1.165, 1.54) is 12.8 Å². The minimum atomic E-state index is 0.338. The van der Waals surface area contributed by atoms with Crippen LogP contribution in [-0.4, -0.2) is 33.7 Å². The first-order valence-electron chi connectivity index (χ1n) is 7.23. The van der Waals surface area contributed by atoms with Gasteiger partial charge in [-0.2, -0.15) is 4.98 Å². The summed E-state index contributed by atoms with van der Waals surface area (Å²) in [4.78, 5) is 6.88. The average molecular weight is 292 g/mol. The summed E-state index contributed by atoms with van der Waals surface area (Å²) in [6, 6.07) is 4.08. The maximum Gasteiger partial charge on any atom is 0.245 e. The van der Waals surface area contributed by atoms with Crippen molar-refractivity contribution < 1.29 is 0 Å². The van der Waals surface area contributed by atoms with Gasteiger partial charge in [0.2, 0.25) is 5.95 Å².